The van der Waals surface area contributed by atoms with E-state index >= 15 is 0 Å². The van der Waals surface area contributed by atoms with E-state index in [1.807, 2.05) is 0 Å². The number of hydrogen-bond acceptors (Lipinski definition) is 1. The summed E-state index contributed by atoms with van der Waals surface area (Å²) in [6.45, 7) is 0. The van der Waals surface area contributed by atoms with Gasteiger partial charge in [-0.25, -0.2) is 4.39 Å². The molecule has 0 aliphatic heterocycles. The molecule has 1 nitrogen and oxygen atoms in total. The second-order valence-electron chi connectivity index (χ2n) is 3.70. The Hall–Kier alpha value is -1.75. The lowest BCUT2D eigenvalue weighted by molar-refractivity contribution is -0.274. The number of rotatable bonds is 2. The molecular weight excluding hydrogens is 284 g/mol. The van der Waals surface area contributed by atoms with Gasteiger partial charge in [-0.2, -0.15) is 0 Å². The fourth-order valence-electron chi connectivity index (χ4n) is 1.55. The zero-order valence-corrected chi connectivity index (χ0v) is 10.1. The van der Waals surface area contributed by atoms with Gasteiger partial charge in [0.05, 0.1) is 0 Å². The summed E-state index contributed by atoms with van der Waals surface area (Å²) in [5.41, 5.74) is 0.836. The SMILES string of the molecule is Fc1ccc(-c2cc(OC(F)(F)F)ccc2Cl)cc1. The summed E-state index contributed by atoms with van der Waals surface area (Å²) in [5.74, 6) is -0.821. The zero-order valence-electron chi connectivity index (χ0n) is 9.34. The van der Waals surface area contributed by atoms with Crippen LogP contribution >= 0.6 is 11.6 Å². The van der Waals surface area contributed by atoms with Gasteiger partial charge in [0, 0.05) is 10.6 Å². The Morgan fingerprint density at radius 1 is 0.947 bits per heavy atom. The molecule has 2 aromatic rings. The highest BCUT2D eigenvalue weighted by Gasteiger charge is 2.31. The first-order valence-corrected chi connectivity index (χ1v) is 5.54. The summed E-state index contributed by atoms with van der Waals surface area (Å²) < 4.78 is 53.0. The van der Waals surface area contributed by atoms with Gasteiger partial charge in [-0.05, 0) is 35.9 Å². The highest BCUT2D eigenvalue weighted by molar-refractivity contribution is 6.33. The Bertz CT molecular complexity index is 578. The first-order valence-electron chi connectivity index (χ1n) is 5.16. The minimum Gasteiger partial charge on any atom is -0.406 e. The van der Waals surface area contributed by atoms with Crippen LogP contribution in [-0.2, 0) is 0 Å². The molecule has 0 aromatic heterocycles. The summed E-state index contributed by atoms with van der Waals surface area (Å²) in [6, 6.07) is 8.81. The summed E-state index contributed by atoms with van der Waals surface area (Å²) in [5, 5.41) is 0.251. The van der Waals surface area contributed by atoms with Crippen LogP contribution in [-0.4, -0.2) is 6.36 Å². The normalized spacial score (nSPS) is 11.4. The highest BCUT2D eigenvalue weighted by atomic mass is 35.5. The third-order valence-electron chi connectivity index (χ3n) is 2.33. The van der Waals surface area contributed by atoms with Crippen LogP contribution in [0.25, 0.3) is 11.1 Å². The van der Waals surface area contributed by atoms with Crippen LogP contribution in [0.1, 0.15) is 0 Å². The monoisotopic (exact) mass is 290 g/mol. The molecule has 0 saturated carbocycles. The molecule has 0 unspecified atom stereocenters. The van der Waals surface area contributed by atoms with Crippen molar-refractivity contribution in [2.75, 3.05) is 0 Å². The largest absolute Gasteiger partial charge is 0.573 e. The van der Waals surface area contributed by atoms with Gasteiger partial charge < -0.3 is 4.74 Å². The van der Waals surface area contributed by atoms with Crippen molar-refractivity contribution >= 4 is 11.6 Å². The Balaban J connectivity index is 2.39. The summed E-state index contributed by atoms with van der Waals surface area (Å²) in [6.07, 6.45) is -4.77. The van der Waals surface area contributed by atoms with E-state index in [0.29, 0.717) is 11.1 Å². The van der Waals surface area contributed by atoms with Crippen LogP contribution in [0.15, 0.2) is 42.5 Å². The van der Waals surface area contributed by atoms with Crippen molar-refractivity contribution in [3.05, 3.63) is 53.3 Å². The number of benzene rings is 2. The van der Waals surface area contributed by atoms with E-state index < -0.39 is 12.2 Å². The molecule has 2 aromatic carbocycles. The molecule has 0 spiro atoms. The predicted molar refractivity (Wildman–Crippen MR) is 63.5 cm³/mol. The number of hydrogen-bond donors (Lipinski definition) is 0. The van der Waals surface area contributed by atoms with E-state index in [2.05, 4.69) is 4.74 Å². The van der Waals surface area contributed by atoms with Crippen LogP contribution in [0, 0.1) is 5.82 Å². The van der Waals surface area contributed by atoms with E-state index in [1.54, 1.807) is 0 Å². The molecular formula is C13H7ClF4O. The second kappa shape index (κ2) is 5.09. The Morgan fingerprint density at radius 2 is 1.58 bits per heavy atom. The third kappa shape index (κ3) is 3.61. The van der Waals surface area contributed by atoms with E-state index in [0.717, 1.165) is 12.1 Å². The standard InChI is InChI=1S/C13H7ClF4O/c14-12-6-5-10(19-13(16,17)18)7-11(12)8-1-3-9(15)4-2-8/h1-7H. The summed E-state index contributed by atoms with van der Waals surface area (Å²) in [4.78, 5) is 0. The minimum absolute atomic E-state index is 0.251. The summed E-state index contributed by atoms with van der Waals surface area (Å²) >= 11 is 5.91. The van der Waals surface area contributed by atoms with E-state index in [9.17, 15) is 17.6 Å². The van der Waals surface area contributed by atoms with Crippen molar-refractivity contribution in [3.63, 3.8) is 0 Å². The molecule has 0 bridgehead atoms. The van der Waals surface area contributed by atoms with Gasteiger partial charge in [-0.15, -0.1) is 13.2 Å². The molecule has 0 saturated heterocycles. The molecule has 0 amide bonds. The fraction of sp³-hybridized carbons (Fsp3) is 0.0769. The molecule has 100 valence electrons. The minimum atomic E-state index is -4.77. The average molecular weight is 291 g/mol. The Labute approximate surface area is 111 Å². The summed E-state index contributed by atoms with van der Waals surface area (Å²) in [7, 11) is 0. The van der Waals surface area contributed by atoms with Crippen molar-refractivity contribution < 1.29 is 22.3 Å². The number of alkyl halides is 3. The fourth-order valence-corrected chi connectivity index (χ4v) is 1.78. The first-order chi connectivity index (χ1) is 8.85. The molecule has 2 rings (SSSR count). The molecule has 0 atom stereocenters. The maximum atomic E-state index is 12.8. The van der Waals surface area contributed by atoms with Gasteiger partial charge in [-0.1, -0.05) is 23.7 Å². The van der Waals surface area contributed by atoms with Gasteiger partial charge in [-0.3, -0.25) is 0 Å². The van der Waals surface area contributed by atoms with Crippen molar-refractivity contribution in [1.82, 2.24) is 0 Å². The van der Waals surface area contributed by atoms with Crippen LogP contribution in [0.4, 0.5) is 17.6 Å². The van der Waals surface area contributed by atoms with Gasteiger partial charge in [0.2, 0.25) is 0 Å². The van der Waals surface area contributed by atoms with Gasteiger partial charge in [0.25, 0.3) is 0 Å². The van der Waals surface area contributed by atoms with E-state index in [-0.39, 0.29) is 10.8 Å². The quantitative estimate of drug-likeness (QED) is 0.704. The molecule has 0 radical (unpaired) electrons. The molecule has 0 aliphatic carbocycles. The molecule has 0 aliphatic rings. The molecule has 19 heavy (non-hydrogen) atoms. The van der Waals surface area contributed by atoms with Gasteiger partial charge in [0.15, 0.2) is 0 Å². The van der Waals surface area contributed by atoms with Crippen molar-refractivity contribution in [2.45, 2.75) is 6.36 Å². The van der Waals surface area contributed by atoms with E-state index in [1.165, 1.54) is 30.3 Å². The highest BCUT2D eigenvalue weighted by Crippen LogP contribution is 2.33. The second-order valence-corrected chi connectivity index (χ2v) is 4.10. The molecule has 0 N–H and O–H groups in total. The van der Waals surface area contributed by atoms with Gasteiger partial charge >= 0.3 is 6.36 Å². The predicted octanol–water partition coefficient (Wildman–Crippen LogP) is 5.04. The van der Waals surface area contributed by atoms with Crippen LogP contribution in [0.2, 0.25) is 5.02 Å². The van der Waals surface area contributed by atoms with E-state index in [4.69, 9.17) is 11.6 Å². The lowest BCUT2D eigenvalue weighted by Gasteiger charge is -2.11. The van der Waals surface area contributed by atoms with Crippen molar-refractivity contribution in [2.24, 2.45) is 0 Å². The van der Waals surface area contributed by atoms with Crippen molar-refractivity contribution in [1.29, 1.82) is 0 Å². The number of ether oxygens (including phenoxy) is 1. The van der Waals surface area contributed by atoms with Crippen LogP contribution < -0.4 is 4.74 Å². The van der Waals surface area contributed by atoms with Gasteiger partial charge in [0.1, 0.15) is 11.6 Å². The lowest BCUT2D eigenvalue weighted by atomic mass is 10.1. The number of halogens is 5. The molecule has 0 fully saturated rings. The average Bonchev–Trinajstić information content (AvgIpc) is 2.31. The molecule has 6 heteroatoms. The third-order valence-corrected chi connectivity index (χ3v) is 2.66. The first kappa shape index (κ1) is 13.7. The maximum Gasteiger partial charge on any atom is 0.573 e. The van der Waals surface area contributed by atoms with Crippen LogP contribution in [0.3, 0.4) is 0 Å². The van der Waals surface area contributed by atoms with Crippen molar-refractivity contribution in [3.8, 4) is 16.9 Å². The molecule has 0 heterocycles. The smallest absolute Gasteiger partial charge is 0.406 e. The van der Waals surface area contributed by atoms with Crippen LogP contribution in [0.5, 0.6) is 5.75 Å². The Kier molecular flexibility index (Phi) is 3.66. The lowest BCUT2D eigenvalue weighted by Crippen LogP contribution is -2.17. The zero-order chi connectivity index (χ0) is 14.0. The maximum absolute atomic E-state index is 12.8. The topological polar surface area (TPSA) is 9.23 Å². The Morgan fingerprint density at radius 3 is 2.16 bits per heavy atom.